The van der Waals surface area contributed by atoms with Gasteiger partial charge in [0, 0.05) is 10.8 Å². The van der Waals surface area contributed by atoms with Gasteiger partial charge in [-0.1, -0.05) is 42.5 Å². The lowest BCUT2D eigenvalue weighted by Crippen LogP contribution is -2.10. The molecule has 3 heteroatoms. The minimum atomic E-state index is -0.363. The Balaban J connectivity index is 1.88. The summed E-state index contributed by atoms with van der Waals surface area (Å²) in [6.45, 7) is 4.04. The van der Waals surface area contributed by atoms with Crippen LogP contribution in [0.1, 0.15) is 21.5 Å². The summed E-state index contributed by atoms with van der Waals surface area (Å²) >= 11 is 0. The lowest BCUT2D eigenvalue weighted by molar-refractivity contribution is 0.0738. The molecule has 0 amide bonds. The molecule has 0 atom stereocenters. The van der Waals surface area contributed by atoms with Gasteiger partial charge in [-0.2, -0.15) is 0 Å². The van der Waals surface area contributed by atoms with Crippen molar-refractivity contribution in [3.8, 4) is 5.75 Å². The van der Waals surface area contributed by atoms with Crippen LogP contribution in [0.3, 0.4) is 0 Å². The van der Waals surface area contributed by atoms with E-state index >= 15 is 0 Å². The van der Waals surface area contributed by atoms with Gasteiger partial charge in [-0.05, 0) is 49.2 Å². The monoisotopic (exact) mass is 327 g/mol. The zero-order valence-corrected chi connectivity index (χ0v) is 14.1. The van der Waals surface area contributed by atoms with Gasteiger partial charge in [0.15, 0.2) is 0 Å². The van der Waals surface area contributed by atoms with Crippen LogP contribution in [0.15, 0.2) is 66.7 Å². The van der Waals surface area contributed by atoms with E-state index in [2.05, 4.69) is 4.98 Å². The number of hydrogen-bond acceptors (Lipinski definition) is 3. The van der Waals surface area contributed by atoms with E-state index < -0.39 is 0 Å². The van der Waals surface area contributed by atoms with Gasteiger partial charge in [0.05, 0.1) is 16.6 Å². The quantitative estimate of drug-likeness (QED) is 0.288. The molecule has 0 aliphatic rings. The van der Waals surface area contributed by atoms with E-state index in [0.29, 0.717) is 11.3 Å². The second kappa shape index (κ2) is 6.02. The van der Waals surface area contributed by atoms with E-state index in [1.165, 1.54) is 5.56 Å². The fraction of sp³-hybridized carbons (Fsp3) is 0.0909. The maximum Gasteiger partial charge on any atom is 0.344 e. The maximum atomic E-state index is 13.0. The molecule has 0 bridgehead atoms. The number of pyridine rings is 1. The first-order valence-corrected chi connectivity index (χ1v) is 8.20. The molecule has 0 spiro atoms. The minimum absolute atomic E-state index is 0.363. The van der Waals surface area contributed by atoms with Crippen LogP contribution in [0, 0.1) is 13.8 Å². The molecule has 0 radical (unpaired) electrons. The van der Waals surface area contributed by atoms with Gasteiger partial charge in [-0.15, -0.1) is 0 Å². The molecule has 122 valence electrons. The molecule has 25 heavy (non-hydrogen) atoms. The second-order valence-electron chi connectivity index (χ2n) is 6.16. The van der Waals surface area contributed by atoms with Crippen molar-refractivity contribution in [2.75, 3.05) is 0 Å². The minimum Gasteiger partial charge on any atom is -0.423 e. The molecular formula is C22H17NO2. The Morgan fingerprint density at radius 2 is 1.40 bits per heavy atom. The normalized spacial score (nSPS) is 11.0. The summed E-state index contributed by atoms with van der Waals surface area (Å²) in [7, 11) is 0. The van der Waals surface area contributed by atoms with Crippen LogP contribution in [0.4, 0.5) is 0 Å². The van der Waals surface area contributed by atoms with Gasteiger partial charge >= 0.3 is 5.97 Å². The molecule has 0 aliphatic heterocycles. The van der Waals surface area contributed by atoms with E-state index in [0.717, 1.165) is 27.4 Å². The molecule has 1 aromatic heterocycles. The first-order valence-electron chi connectivity index (χ1n) is 8.20. The van der Waals surface area contributed by atoms with Crippen molar-refractivity contribution in [2.24, 2.45) is 0 Å². The van der Waals surface area contributed by atoms with E-state index in [9.17, 15) is 4.79 Å². The molecule has 0 fully saturated rings. The van der Waals surface area contributed by atoms with Crippen LogP contribution in [-0.4, -0.2) is 11.0 Å². The third kappa shape index (κ3) is 2.74. The number of ether oxygens (including phenoxy) is 1. The highest BCUT2D eigenvalue weighted by Crippen LogP contribution is 2.27. The SMILES string of the molecule is Cc1ccc(OC(=O)c2c3ccccc3nc3ccccc23)cc1C. The molecule has 4 aromatic rings. The van der Waals surface area contributed by atoms with Crippen molar-refractivity contribution in [2.45, 2.75) is 13.8 Å². The number of hydrogen-bond donors (Lipinski definition) is 0. The Bertz CT molecular complexity index is 1060. The van der Waals surface area contributed by atoms with E-state index in [1.807, 2.05) is 80.6 Å². The number of fused-ring (bicyclic) bond motifs is 2. The highest BCUT2D eigenvalue weighted by molar-refractivity contribution is 6.14. The number of nitrogens with zero attached hydrogens (tertiary/aromatic N) is 1. The molecule has 0 aliphatic carbocycles. The first-order chi connectivity index (χ1) is 12.1. The molecule has 0 saturated heterocycles. The Morgan fingerprint density at radius 3 is 2.00 bits per heavy atom. The number of aromatic nitrogens is 1. The van der Waals surface area contributed by atoms with Crippen LogP contribution in [0.25, 0.3) is 21.8 Å². The standard InChI is InChI=1S/C22H17NO2/c1-14-11-12-16(13-15(14)2)25-22(24)21-17-7-3-5-9-19(17)23-20-10-6-4-8-18(20)21/h3-13H,1-2H3. The third-order valence-corrected chi connectivity index (χ3v) is 4.48. The number of para-hydroxylation sites is 2. The summed E-state index contributed by atoms with van der Waals surface area (Å²) in [6.07, 6.45) is 0. The van der Waals surface area contributed by atoms with Crippen molar-refractivity contribution in [1.82, 2.24) is 4.98 Å². The predicted octanol–water partition coefficient (Wildman–Crippen LogP) is 5.22. The van der Waals surface area contributed by atoms with E-state index in [1.54, 1.807) is 0 Å². The summed E-state index contributed by atoms with van der Waals surface area (Å²) in [5.41, 5.74) is 4.38. The van der Waals surface area contributed by atoms with Gasteiger partial charge in [0.25, 0.3) is 0 Å². The lowest BCUT2D eigenvalue weighted by atomic mass is 10.0. The van der Waals surface area contributed by atoms with Gasteiger partial charge in [-0.3, -0.25) is 0 Å². The zero-order valence-electron chi connectivity index (χ0n) is 14.1. The molecule has 1 heterocycles. The number of esters is 1. The Kier molecular flexibility index (Phi) is 3.69. The van der Waals surface area contributed by atoms with Crippen molar-refractivity contribution >= 4 is 27.8 Å². The average molecular weight is 327 g/mol. The topological polar surface area (TPSA) is 39.2 Å². The number of carbonyl (C=O) groups is 1. The molecular weight excluding hydrogens is 310 g/mol. The first kappa shape index (κ1) is 15.3. The van der Waals surface area contributed by atoms with Gasteiger partial charge in [0.1, 0.15) is 5.75 Å². The molecule has 0 unspecified atom stereocenters. The van der Waals surface area contributed by atoms with Crippen LogP contribution in [-0.2, 0) is 0 Å². The fourth-order valence-electron chi connectivity index (χ4n) is 3.00. The van der Waals surface area contributed by atoms with Crippen molar-refractivity contribution < 1.29 is 9.53 Å². The number of rotatable bonds is 2. The lowest BCUT2D eigenvalue weighted by Gasteiger charge is -2.11. The summed E-state index contributed by atoms with van der Waals surface area (Å²) in [4.78, 5) is 17.6. The Labute approximate surface area is 145 Å². The second-order valence-corrected chi connectivity index (χ2v) is 6.16. The average Bonchev–Trinajstić information content (AvgIpc) is 2.62. The number of benzene rings is 3. The maximum absolute atomic E-state index is 13.0. The zero-order chi connectivity index (χ0) is 17.4. The van der Waals surface area contributed by atoms with Crippen LogP contribution < -0.4 is 4.74 Å². The number of carbonyl (C=O) groups excluding carboxylic acids is 1. The van der Waals surface area contributed by atoms with Gasteiger partial charge in [0.2, 0.25) is 0 Å². The van der Waals surface area contributed by atoms with Crippen LogP contribution in [0.2, 0.25) is 0 Å². The van der Waals surface area contributed by atoms with Crippen LogP contribution in [0.5, 0.6) is 5.75 Å². The smallest absolute Gasteiger partial charge is 0.344 e. The summed E-state index contributed by atoms with van der Waals surface area (Å²) < 4.78 is 5.69. The van der Waals surface area contributed by atoms with Crippen molar-refractivity contribution in [1.29, 1.82) is 0 Å². The summed E-state index contributed by atoms with van der Waals surface area (Å²) in [5.74, 6) is 0.191. The van der Waals surface area contributed by atoms with Gasteiger partial charge in [-0.25, -0.2) is 9.78 Å². The molecule has 4 rings (SSSR count). The van der Waals surface area contributed by atoms with Crippen molar-refractivity contribution in [3.05, 3.63) is 83.4 Å². The summed E-state index contributed by atoms with van der Waals surface area (Å²) in [5, 5.41) is 1.60. The highest BCUT2D eigenvalue weighted by Gasteiger charge is 2.18. The Morgan fingerprint density at radius 1 is 0.800 bits per heavy atom. The number of aryl methyl sites for hydroxylation is 2. The van der Waals surface area contributed by atoms with E-state index in [4.69, 9.17) is 4.74 Å². The molecule has 3 nitrogen and oxygen atoms in total. The molecule has 0 N–H and O–H groups in total. The molecule has 3 aromatic carbocycles. The largest absolute Gasteiger partial charge is 0.423 e. The van der Waals surface area contributed by atoms with Gasteiger partial charge < -0.3 is 4.74 Å². The summed E-state index contributed by atoms with van der Waals surface area (Å²) in [6, 6.07) is 21.0. The molecule has 0 saturated carbocycles. The fourth-order valence-corrected chi connectivity index (χ4v) is 3.00. The van der Waals surface area contributed by atoms with E-state index in [-0.39, 0.29) is 5.97 Å². The highest BCUT2D eigenvalue weighted by atomic mass is 16.5. The predicted molar refractivity (Wildman–Crippen MR) is 100 cm³/mol. The van der Waals surface area contributed by atoms with Crippen molar-refractivity contribution in [3.63, 3.8) is 0 Å². The van der Waals surface area contributed by atoms with Crippen LogP contribution >= 0.6 is 0 Å². The Hall–Kier alpha value is -3.20. The third-order valence-electron chi connectivity index (χ3n) is 4.48.